The molecule has 0 aliphatic heterocycles. The monoisotopic (exact) mass is 323 g/mol. The van der Waals surface area contributed by atoms with E-state index in [1.165, 1.54) is 32.1 Å². The van der Waals surface area contributed by atoms with Crippen LogP contribution in [-0.2, 0) is 0 Å². The second-order valence-electron chi connectivity index (χ2n) is 5.26. The van der Waals surface area contributed by atoms with Gasteiger partial charge in [0.05, 0.1) is 6.54 Å². The number of Topliss-reactive ketones (excluding diaryl/α,β-unsaturated/α-hetero) is 1. The number of nitrogens with zero attached hydrogens (tertiary/aromatic N) is 1. The topological polar surface area (TPSA) is 20.3 Å². The quantitative estimate of drug-likeness (QED) is 0.753. The van der Waals surface area contributed by atoms with Crippen LogP contribution in [0.25, 0.3) is 0 Å². The van der Waals surface area contributed by atoms with Crippen molar-refractivity contribution in [3.05, 3.63) is 34.3 Å². The zero-order chi connectivity index (χ0) is 13.7. The number of rotatable bonds is 5. The van der Waals surface area contributed by atoms with E-state index in [4.69, 9.17) is 0 Å². The van der Waals surface area contributed by atoms with Gasteiger partial charge in [-0.15, -0.1) is 0 Å². The molecule has 0 spiro atoms. The number of hydrogen-bond donors (Lipinski definition) is 0. The molecule has 1 saturated carbocycles. The molecule has 1 aromatic carbocycles. The van der Waals surface area contributed by atoms with Gasteiger partial charge in [-0.3, -0.25) is 9.69 Å². The zero-order valence-corrected chi connectivity index (χ0v) is 13.2. The van der Waals surface area contributed by atoms with Crippen molar-refractivity contribution in [1.29, 1.82) is 0 Å². The Balaban J connectivity index is 2.01. The van der Waals surface area contributed by atoms with Crippen LogP contribution in [0.1, 0.15) is 49.4 Å². The van der Waals surface area contributed by atoms with E-state index in [9.17, 15) is 4.79 Å². The summed E-state index contributed by atoms with van der Waals surface area (Å²) in [6, 6.07) is 8.31. The molecular formula is C16H22BrNO. The summed E-state index contributed by atoms with van der Waals surface area (Å²) in [6.07, 6.45) is 6.47. The molecule has 0 bridgehead atoms. The lowest BCUT2D eigenvalue weighted by atomic mass is 9.94. The molecule has 0 heterocycles. The van der Waals surface area contributed by atoms with Crippen LogP contribution in [0, 0.1) is 0 Å². The first-order valence-corrected chi connectivity index (χ1v) is 8.03. The van der Waals surface area contributed by atoms with Crippen molar-refractivity contribution in [3.8, 4) is 0 Å². The summed E-state index contributed by atoms with van der Waals surface area (Å²) in [5.41, 5.74) is 0.803. The third kappa shape index (κ3) is 3.90. The summed E-state index contributed by atoms with van der Waals surface area (Å²) in [6.45, 7) is 3.66. The van der Waals surface area contributed by atoms with E-state index in [1.54, 1.807) is 0 Å². The summed E-state index contributed by atoms with van der Waals surface area (Å²) in [5.74, 6) is 0.222. The van der Waals surface area contributed by atoms with Gasteiger partial charge in [0.1, 0.15) is 0 Å². The molecular weight excluding hydrogens is 302 g/mol. The van der Waals surface area contributed by atoms with E-state index >= 15 is 0 Å². The zero-order valence-electron chi connectivity index (χ0n) is 11.6. The predicted molar refractivity (Wildman–Crippen MR) is 82.6 cm³/mol. The third-order valence-electron chi connectivity index (χ3n) is 4.02. The van der Waals surface area contributed by atoms with E-state index in [1.807, 2.05) is 24.3 Å². The van der Waals surface area contributed by atoms with Crippen molar-refractivity contribution < 1.29 is 4.79 Å². The van der Waals surface area contributed by atoms with Crippen molar-refractivity contribution in [1.82, 2.24) is 4.90 Å². The lowest BCUT2D eigenvalue weighted by Crippen LogP contribution is -2.40. The van der Waals surface area contributed by atoms with Gasteiger partial charge in [0.2, 0.25) is 0 Å². The number of benzene rings is 1. The van der Waals surface area contributed by atoms with Crippen molar-refractivity contribution in [2.45, 2.75) is 45.1 Å². The lowest BCUT2D eigenvalue weighted by molar-refractivity contribution is 0.0867. The Morgan fingerprint density at radius 3 is 2.58 bits per heavy atom. The number of carbonyl (C=O) groups is 1. The molecule has 0 amide bonds. The first-order chi connectivity index (χ1) is 9.22. The van der Waals surface area contributed by atoms with E-state index < -0.39 is 0 Å². The van der Waals surface area contributed by atoms with Gasteiger partial charge < -0.3 is 0 Å². The van der Waals surface area contributed by atoms with E-state index in [0.29, 0.717) is 12.6 Å². The highest BCUT2D eigenvalue weighted by atomic mass is 79.9. The maximum Gasteiger partial charge on any atom is 0.177 e. The fraction of sp³-hybridized carbons (Fsp3) is 0.562. The predicted octanol–water partition coefficient (Wildman–Crippen LogP) is 4.29. The van der Waals surface area contributed by atoms with Crippen LogP contribution in [0.3, 0.4) is 0 Å². The van der Waals surface area contributed by atoms with Crippen molar-refractivity contribution in [3.63, 3.8) is 0 Å². The summed E-state index contributed by atoms with van der Waals surface area (Å²) < 4.78 is 0.902. The van der Waals surface area contributed by atoms with Crippen LogP contribution in [0.15, 0.2) is 28.7 Å². The van der Waals surface area contributed by atoms with Gasteiger partial charge in [-0.2, -0.15) is 0 Å². The van der Waals surface area contributed by atoms with Gasteiger partial charge in [-0.25, -0.2) is 0 Å². The Labute approximate surface area is 124 Å². The van der Waals surface area contributed by atoms with Crippen LogP contribution in [0.5, 0.6) is 0 Å². The average Bonchev–Trinajstić information content (AvgIpc) is 2.46. The molecule has 0 saturated heterocycles. The first kappa shape index (κ1) is 14.7. The molecule has 0 N–H and O–H groups in total. The Hall–Kier alpha value is -0.670. The third-order valence-corrected chi connectivity index (χ3v) is 4.71. The number of likely N-dealkylation sites (N-methyl/N-ethyl adjacent to an activating group) is 1. The van der Waals surface area contributed by atoms with Crippen LogP contribution in [0.2, 0.25) is 0 Å². The van der Waals surface area contributed by atoms with Gasteiger partial charge in [-0.1, -0.05) is 60.3 Å². The molecule has 3 heteroatoms. The van der Waals surface area contributed by atoms with Gasteiger partial charge in [0, 0.05) is 16.1 Å². The molecule has 0 radical (unpaired) electrons. The number of hydrogen-bond acceptors (Lipinski definition) is 2. The van der Waals surface area contributed by atoms with E-state index in [2.05, 4.69) is 27.8 Å². The largest absolute Gasteiger partial charge is 0.293 e. The number of ketones is 1. The van der Waals surface area contributed by atoms with Crippen molar-refractivity contribution in [2.75, 3.05) is 13.1 Å². The van der Waals surface area contributed by atoms with E-state index in [0.717, 1.165) is 16.6 Å². The van der Waals surface area contributed by atoms with Gasteiger partial charge in [0.25, 0.3) is 0 Å². The van der Waals surface area contributed by atoms with Gasteiger partial charge in [0.15, 0.2) is 5.78 Å². The van der Waals surface area contributed by atoms with Crippen molar-refractivity contribution >= 4 is 21.7 Å². The maximum atomic E-state index is 12.4. The Morgan fingerprint density at radius 1 is 1.26 bits per heavy atom. The minimum absolute atomic E-state index is 0.222. The Bertz CT molecular complexity index is 427. The molecule has 1 aliphatic carbocycles. The highest BCUT2D eigenvalue weighted by Crippen LogP contribution is 2.23. The number of halogens is 1. The molecule has 19 heavy (non-hydrogen) atoms. The second kappa shape index (κ2) is 7.20. The molecule has 2 nitrogen and oxygen atoms in total. The molecule has 1 fully saturated rings. The van der Waals surface area contributed by atoms with Crippen molar-refractivity contribution in [2.24, 2.45) is 0 Å². The Morgan fingerprint density at radius 2 is 1.95 bits per heavy atom. The molecule has 1 aliphatic rings. The minimum atomic E-state index is 0.222. The highest BCUT2D eigenvalue weighted by molar-refractivity contribution is 9.10. The second-order valence-corrected chi connectivity index (χ2v) is 6.11. The summed E-state index contributed by atoms with van der Waals surface area (Å²) in [5, 5.41) is 0. The molecule has 0 atom stereocenters. The fourth-order valence-corrected chi connectivity index (χ4v) is 3.41. The lowest BCUT2D eigenvalue weighted by Gasteiger charge is -2.33. The fourth-order valence-electron chi connectivity index (χ4n) is 2.90. The van der Waals surface area contributed by atoms with Gasteiger partial charge in [-0.05, 0) is 25.5 Å². The normalized spacial score (nSPS) is 16.8. The van der Waals surface area contributed by atoms with Gasteiger partial charge >= 0.3 is 0 Å². The summed E-state index contributed by atoms with van der Waals surface area (Å²) >= 11 is 3.47. The van der Waals surface area contributed by atoms with E-state index in [-0.39, 0.29) is 5.78 Å². The summed E-state index contributed by atoms with van der Waals surface area (Å²) in [7, 11) is 0. The SMILES string of the molecule is CCN(CC(=O)c1ccccc1Br)C1CCCCC1. The van der Waals surface area contributed by atoms with Crippen LogP contribution < -0.4 is 0 Å². The Kier molecular flexibility index (Phi) is 5.59. The molecule has 2 rings (SSSR count). The number of carbonyl (C=O) groups excluding carboxylic acids is 1. The minimum Gasteiger partial charge on any atom is -0.293 e. The molecule has 0 aromatic heterocycles. The molecule has 0 unspecified atom stereocenters. The highest BCUT2D eigenvalue weighted by Gasteiger charge is 2.22. The smallest absolute Gasteiger partial charge is 0.177 e. The van der Waals surface area contributed by atoms with Crippen LogP contribution in [0.4, 0.5) is 0 Å². The van der Waals surface area contributed by atoms with Crippen LogP contribution in [-0.4, -0.2) is 29.8 Å². The molecule has 1 aromatic rings. The standard InChI is InChI=1S/C16H22BrNO/c1-2-18(13-8-4-3-5-9-13)12-16(19)14-10-6-7-11-15(14)17/h6-7,10-11,13H,2-5,8-9,12H2,1H3. The maximum absolute atomic E-state index is 12.4. The van der Waals surface area contributed by atoms with Crippen LogP contribution >= 0.6 is 15.9 Å². The average molecular weight is 324 g/mol. The molecule has 104 valence electrons. The first-order valence-electron chi connectivity index (χ1n) is 7.24. The summed E-state index contributed by atoms with van der Waals surface area (Å²) in [4.78, 5) is 14.8.